The van der Waals surface area contributed by atoms with Crippen molar-refractivity contribution in [2.75, 3.05) is 11.9 Å². The minimum Gasteiger partial charge on any atom is -0.462 e. The van der Waals surface area contributed by atoms with Crippen LogP contribution in [0.2, 0.25) is 0 Å². The third-order valence-electron chi connectivity index (χ3n) is 4.53. The molecule has 3 aromatic rings. The summed E-state index contributed by atoms with van der Waals surface area (Å²) in [5.41, 5.74) is 0.877. The van der Waals surface area contributed by atoms with E-state index in [1.807, 2.05) is 30.3 Å². The van der Waals surface area contributed by atoms with E-state index in [-0.39, 0.29) is 28.6 Å². The predicted octanol–water partition coefficient (Wildman–Crippen LogP) is 3.61. The normalized spacial score (nSPS) is 10.5. The summed E-state index contributed by atoms with van der Waals surface area (Å²) < 4.78 is 6.17. The fourth-order valence-corrected chi connectivity index (χ4v) is 4.02. The van der Waals surface area contributed by atoms with Crippen LogP contribution >= 0.6 is 11.3 Å². The van der Waals surface area contributed by atoms with Crippen molar-refractivity contribution in [2.24, 2.45) is 0 Å². The zero-order valence-electron chi connectivity index (χ0n) is 16.8. The van der Waals surface area contributed by atoms with Crippen LogP contribution in [0, 0.1) is 17.0 Å². The second kappa shape index (κ2) is 9.35. The maximum absolute atomic E-state index is 12.7. The monoisotopic (exact) mass is 441 g/mol. The summed E-state index contributed by atoms with van der Waals surface area (Å²) in [6.45, 7) is 2.81. The molecular formula is C21H19N3O6S. The Bertz CT molecular complexity index is 1200. The first-order valence-electron chi connectivity index (χ1n) is 9.32. The van der Waals surface area contributed by atoms with Crippen LogP contribution in [0.15, 0.2) is 52.6 Å². The number of rotatable bonds is 7. The van der Waals surface area contributed by atoms with Gasteiger partial charge < -0.3 is 10.1 Å². The Kier molecular flexibility index (Phi) is 6.61. The molecule has 0 spiro atoms. The van der Waals surface area contributed by atoms with E-state index in [4.69, 9.17) is 4.74 Å². The van der Waals surface area contributed by atoms with Crippen LogP contribution in [-0.2, 0) is 16.1 Å². The predicted molar refractivity (Wildman–Crippen MR) is 116 cm³/mol. The molecule has 10 heteroatoms. The van der Waals surface area contributed by atoms with E-state index >= 15 is 0 Å². The second-order valence-electron chi connectivity index (χ2n) is 6.47. The third-order valence-corrected chi connectivity index (χ3v) is 5.43. The molecule has 9 nitrogen and oxygen atoms in total. The highest BCUT2D eigenvalue weighted by Crippen LogP contribution is 2.36. The van der Waals surface area contributed by atoms with Gasteiger partial charge in [0.1, 0.15) is 17.1 Å². The number of amides is 1. The number of hydrogen-bond donors (Lipinski definition) is 1. The van der Waals surface area contributed by atoms with Gasteiger partial charge in [0, 0.05) is 23.1 Å². The van der Waals surface area contributed by atoms with Gasteiger partial charge in [-0.05, 0) is 19.4 Å². The van der Waals surface area contributed by atoms with Gasteiger partial charge in [-0.15, -0.1) is 11.3 Å². The van der Waals surface area contributed by atoms with Crippen molar-refractivity contribution in [3.63, 3.8) is 0 Å². The van der Waals surface area contributed by atoms with Gasteiger partial charge in [0.15, 0.2) is 0 Å². The summed E-state index contributed by atoms with van der Waals surface area (Å²) in [6.07, 6.45) is 0. The highest BCUT2D eigenvalue weighted by atomic mass is 32.1. The molecular weight excluding hydrogens is 422 g/mol. The van der Waals surface area contributed by atoms with E-state index < -0.39 is 28.9 Å². The zero-order valence-corrected chi connectivity index (χ0v) is 17.6. The molecule has 1 aromatic carbocycles. The topological polar surface area (TPSA) is 121 Å². The fraction of sp³-hybridized carbons (Fsp3) is 0.190. The quantitative estimate of drug-likeness (QED) is 0.340. The average molecular weight is 441 g/mol. The lowest BCUT2D eigenvalue weighted by atomic mass is 10.0. The molecule has 2 heterocycles. The molecule has 31 heavy (non-hydrogen) atoms. The van der Waals surface area contributed by atoms with Gasteiger partial charge in [0.2, 0.25) is 5.91 Å². The Hall–Kier alpha value is -3.79. The van der Waals surface area contributed by atoms with Crippen LogP contribution in [-0.4, -0.2) is 28.0 Å². The molecule has 1 amide bonds. The summed E-state index contributed by atoms with van der Waals surface area (Å²) in [4.78, 5) is 47.9. The van der Waals surface area contributed by atoms with Gasteiger partial charge in [0.05, 0.1) is 17.2 Å². The van der Waals surface area contributed by atoms with Gasteiger partial charge in [0.25, 0.3) is 11.2 Å². The summed E-state index contributed by atoms with van der Waals surface area (Å²) in [7, 11) is 0. The van der Waals surface area contributed by atoms with Crippen molar-refractivity contribution in [3.8, 4) is 11.1 Å². The van der Waals surface area contributed by atoms with E-state index in [0.29, 0.717) is 5.56 Å². The second-order valence-corrected chi connectivity index (χ2v) is 7.35. The molecule has 2 aromatic heterocycles. The number of nitrogens with zero attached hydrogens (tertiary/aromatic N) is 2. The number of nitro groups is 1. The molecule has 0 aliphatic heterocycles. The van der Waals surface area contributed by atoms with Gasteiger partial charge in [-0.25, -0.2) is 4.79 Å². The maximum atomic E-state index is 12.7. The summed E-state index contributed by atoms with van der Waals surface area (Å²) >= 11 is 1.15. The van der Waals surface area contributed by atoms with Gasteiger partial charge in [-0.2, -0.15) is 0 Å². The lowest BCUT2D eigenvalue weighted by Gasteiger charge is -2.11. The maximum Gasteiger partial charge on any atom is 0.341 e. The number of pyridine rings is 1. The number of thiophene rings is 1. The van der Waals surface area contributed by atoms with Crippen LogP contribution in [0.25, 0.3) is 11.1 Å². The van der Waals surface area contributed by atoms with Crippen molar-refractivity contribution in [2.45, 2.75) is 20.4 Å². The number of benzene rings is 1. The van der Waals surface area contributed by atoms with Crippen molar-refractivity contribution in [1.82, 2.24) is 4.57 Å². The summed E-state index contributed by atoms with van der Waals surface area (Å²) in [5.74, 6) is -1.18. The number of hydrogen-bond acceptors (Lipinski definition) is 7. The number of aromatic nitrogens is 1. The highest BCUT2D eigenvalue weighted by molar-refractivity contribution is 7.15. The molecule has 160 valence electrons. The number of ether oxygens (including phenoxy) is 1. The standard InChI is InChI=1S/C21H19N3O6S/c1-3-30-21(27)19-15(14-7-5-4-6-8-14)12-31-20(19)22-17(25)11-23-13(2)16(24(28)29)9-10-18(23)26/h4-10,12H,3,11H2,1-2H3,(H,22,25). The first kappa shape index (κ1) is 21.9. The molecule has 0 aliphatic carbocycles. The fourth-order valence-electron chi connectivity index (χ4n) is 3.05. The summed E-state index contributed by atoms with van der Waals surface area (Å²) in [5, 5.41) is 15.8. The lowest BCUT2D eigenvalue weighted by molar-refractivity contribution is -0.386. The Morgan fingerprint density at radius 3 is 2.55 bits per heavy atom. The SMILES string of the molecule is CCOC(=O)c1c(-c2ccccc2)csc1NC(=O)Cn1c(C)c([N+](=O)[O-])ccc1=O. The number of esters is 1. The van der Waals surface area contributed by atoms with E-state index in [1.165, 1.54) is 6.92 Å². The molecule has 0 bridgehead atoms. The van der Waals surface area contributed by atoms with Crippen molar-refractivity contribution < 1.29 is 19.2 Å². The third kappa shape index (κ3) is 4.69. The van der Waals surface area contributed by atoms with Crippen LogP contribution in [0.1, 0.15) is 23.0 Å². The van der Waals surface area contributed by atoms with Gasteiger partial charge in [-0.1, -0.05) is 30.3 Å². The molecule has 0 aliphatic rings. The van der Waals surface area contributed by atoms with Crippen LogP contribution in [0.3, 0.4) is 0 Å². The molecule has 0 saturated carbocycles. The molecule has 0 unspecified atom stereocenters. The molecule has 0 saturated heterocycles. The molecule has 0 atom stereocenters. The Balaban J connectivity index is 1.93. The average Bonchev–Trinajstić information content (AvgIpc) is 3.15. The van der Waals surface area contributed by atoms with E-state index in [0.717, 1.165) is 33.6 Å². The number of nitrogens with one attached hydrogen (secondary N) is 1. The van der Waals surface area contributed by atoms with Crippen LogP contribution in [0.4, 0.5) is 10.7 Å². The number of carbonyl (C=O) groups is 2. The molecule has 1 N–H and O–H groups in total. The number of anilines is 1. The largest absolute Gasteiger partial charge is 0.462 e. The Morgan fingerprint density at radius 2 is 1.90 bits per heavy atom. The lowest BCUT2D eigenvalue weighted by Crippen LogP contribution is -2.29. The smallest absolute Gasteiger partial charge is 0.341 e. The van der Waals surface area contributed by atoms with Gasteiger partial charge in [-0.3, -0.25) is 24.3 Å². The molecule has 0 fully saturated rings. The van der Waals surface area contributed by atoms with Gasteiger partial charge >= 0.3 is 5.97 Å². The summed E-state index contributed by atoms with van der Waals surface area (Å²) in [6, 6.07) is 11.3. The van der Waals surface area contributed by atoms with E-state index in [1.54, 1.807) is 12.3 Å². The minimum absolute atomic E-state index is 0.0643. The first-order chi connectivity index (χ1) is 14.8. The van der Waals surface area contributed by atoms with Crippen LogP contribution < -0.4 is 10.9 Å². The zero-order chi connectivity index (χ0) is 22.5. The Labute approximate surface area is 181 Å². The molecule has 0 radical (unpaired) electrons. The van der Waals surface area contributed by atoms with Crippen molar-refractivity contribution >= 4 is 33.9 Å². The first-order valence-corrected chi connectivity index (χ1v) is 10.2. The highest BCUT2D eigenvalue weighted by Gasteiger charge is 2.23. The number of carbonyl (C=O) groups excluding carboxylic acids is 2. The van der Waals surface area contributed by atoms with E-state index in [2.05, 4.69) is 5.32 Å². The van der Waals surface area contributed by atoms with Crippen molar-refractivity contribution in [1.29, 1.82) is 0 Å². The molecule has 3 rings (SSSR count). The minimum atomic E-state index is -0.618. The Morgan fingerprint density at radius 1 is 1.19 bits per heavy atom. The van der Waals surface area contributed by atoms with Crippen LogP contribution in [0.5, 0.6) is 0 Å². The van der Waals surface area contributed by atoms with E-state index in [9.17, 15) is 24.5 Å². The van der Waals surface area contributed by atoms with Crippen molar-refractivity contribution in [3.05, 3.63) is 79.6 Å².